The van der Waals surface area contributed by atoms with Crippen molar-refractivity contribution < 1.29 is 19.1 Å². The van der Waals surface area contributed by atoms with E-state index in [9.17, 15) is 14.4 Å². The Morgan fingerprint density at radius 2 is 2.04 bits per heavy atom. The lowest BCUT2D eigenvalue weighted by Crippen LogP contribution is -2.48. The number of nitrogens with one attached hydrogen (secondary N) is 1. The summed E-state index contributed by atoms with van der Waals surface area (Å²) in [5.74, 6) is -0.235. The number of benzene rings is 1. The van der Waals surface area contributed by atoms with Gasteiger partial charge in [0.1, 0.15) is 5.25 Å². The van der Waals surface area contributed by atoms with Crippen LogP contribution in [0.3, 0.4) is 0 Å². The number of nitrogens with zero attached hydrogens (tertiary/aromatic N) is 1. The number of hydrogen-bond donors (Lipinski definition) is 1. The summed E-state index contributed by atoms with van der Waals surface area (Å²) in [6.45, 7) is 0.737. The lowest BCUT2D eigenvalue weighted by molar-refractivity contribution is -0.141. The van der Waals surface area contributed by atoms with Gasteiger partial charge in [-0.2, -0.15) is 0 Å². The number of thioether (sulfide) groups is 1. The van der Waals surface area contributed by atoms with Crippen molar-refractivity contribution in [1.29, 1.82) is 0 Å². The third-order valence-electron chi connectivity index (χ3n) is 3.39. The fourth-order valence-electron chi connectivity index (χ4n) is 2.12. The molecule has 1 aliphatic rings. The lowest BCUT2D eigenvalue weighted by Gasteiger charge is -2.31. The molecule has 1 saturated heterocycles. The molecule has 2 amide bonds. The summed E-state index contributed by atoms with van der Waals surface area (Å²) < 4.78 is 4.71. The van der Waals surface area contributed by atoms with Gasteiger partial charge in [0.15, 0.2) is 0 Å². The van der Waals surface area contributed by atoms with Crippen molar-refractivity contribution in [2.24, 2.45) is 0 Å². The Balaban J connectivity index is 1.85. The molecule has 124 valence electrons. The van der Waals surface area contributed by atoms with Crippen LogP contribution in [-0.4, -0.2) is 60.4 Å². The third kappa shape index (κ3) is 4.87. The SMILES string of the molecule is COC(=O)[C@H]1CN(C(=O)CNC(=O)c2ccc(Cl)cc2)CCS1. The molecule has 0 aliphatic carbocycles. The number of carbonyl (C=O) groups excluding carboxylic acids is 3. The highest BCUT2D eigenvalue weighted by Gasteiger charge is 2.29. The molecule has 0 unspecified atom stereocenters. The molecule has 6 nitrogen and oxygen atoms in total. The van der Waals surface area contributed by atoms with Gasteiger partial charge in [-0.05, 0) is 24.3 Å². The van der Waals surface area contributed by atoms with Crippen LogP contribution in [-0.2, 0) is 14.3 Å². The molecule has 0 radical (unpaired) electrons. The largest absolute Gasteiger partial charge is 0.468 e. The molecule has 0 saturated carbocycles. The van der Waals surface area contributed by atoms with Crippen molar-refractivity contribution in [3.63, 3.8) is 0 Å². The molecule has 1 heterocycles. The maximum atomic E-state index is 12.2. The van der Waals surface area contributed by atoms with E-state index in [1.807, 2.05) is 0 Å². The van der Waals surface area contributed by atoms with E-state index in [4.69, 9.17) is 16.3 Å². The lowest BCUT2D eigenvalue weighted by atomic mass is 10.2. The second kappa shape index (κ2) is 8.21. The van der Waals surface area contributed by atoms with Gasteiger partial charge in [-0.15, -0.1) is 11.8 Å². The molecular weight excluding hydrogens is 340 g/mol. The van der Waals surface area contributed by atoms with E-state index in [2.05, 4.69) is 5.32 Å². The second-order valence-electron chi connectivity index (χ2n) is 4.91. The molecule has 1 aliphatic heterocycles. The highest BCUT2D eigenvalue weighted by molar-refractivity contribution is 8.00. The van der Waals surface area contributed by atoms with Crippen LogP contribution < -0.4 is 5.32 Å². The third-order valence-corrected chi connectivity index (χ3v) is 4.80. The van der Waals surface area contributed by atoms with Crippen molar-refractivity contribution in [3.05, 3.63) is 34.9 Å². The van der Waals surface area contributed by atoms with E-state index >= 15 is 0 Å². The van der Waals surface area contributed by atoms with Gasteiger partial charge < -0.3 is 15.0 Å². The van der Waals surface area contributed by atoms with Crippen molar-refractivity contribution in [2.45, 2.75) is 5.25 Å². The highest BCUT2D eigenvalue weighted by atomic mass is 35.5. The van der Waals surface area contributed by atoms with Gasteiger partial charge in [0.2, 0.25) is 5.91 Å². The number of carbonyl (C=O) groups is 3. The first kappa shape index (κ1) is 17.6. The average Bonchev–Trinajstić information content (AvgIpc) is 2.59. The fraction of sp³-hybridized carbons (Fsp3) is 0.400. The number of hydrogen-bond acceptors (Lipinski definition) is 5. The Morgan fingerprint density at radius 3 is 2.70 bits per heavy atom. The summed E-state index contributed by atoms with van der Waals surface area (Å²) in [4.78, 5) is 37.3. The Morgan fingerprint density at radius 1 is 1.35 bits per heavy atom. The predicted octanol–water partition coefficient (Wildman–Crippen LogP) is 1.19. The maximum Gasteiger partial charge on any atom is 0.320 e. The van der Waals surface area contributed by atoms with Crippen LogP contribution in [0.15, 0.2) is 24.3 Å². The normalized spacial score (nSPS) is 17.5. The van der Waals surface area contributed by atoms with Gasteiger partial charge in [-0.1, -0.05) is 11.6 Å². The summed E-state index contributed by atoms with van der Waals surface area (Å²) >= 11 is 7.24. The van der Waals surface area contributed by atoms with Crippen LogP contribution in [0.2, 0.25) is 5.02 Å². The van der Waals surface area contributed by atoms with E-state index in [0.717, 1.165) is 0 Å². The topological polar surface area (TPSA) is 75.7 Å². The van der Waals surface area contributed by atoms with Gasteiger partial charge in [0, 0.05) is 29.4 Å². The average molecular weight is 357 g/mol. The van der Waals surface area contributed by atoms with Crippen molar-refractivity contribution in [3.8, 4) is 0 Å². The van der Waals surface area contributed by atoms with Gasteiger partial charge in [-0.3, -0.25) is 14.4 Å². The number of ether oxygens (including phenoxy) is 1. The predicted molar refractivity (Wildman–Crippen MR) is 88.6 cm³/mol. The van der Waals surface area contributed by atoms with Crippen LogP contribution in [0.25, 0.3) is 0 Å². The first-order chi connectivity index (χ1) is 11.0. The van der Waals surface area contributed by atoms with E-state index in [0.29, 0.717) is 29.4 Å². The zero-order valence-corrected chi connectivity index (χ0v) is 14.2. The second-order valence-corrected chi connectivity index (χ2v) is 6.66. The van der Waals surface area contributed by atoms with Crippen molar-refractivity contribution in [1.82, 2.24) is 10.2 Å². The number of halogens is 1. The number of rotatable bonds is 4. The molecule has 0 aromatic heterocycles. The molecule has 1 N–H and O–H groups in total. The summed E-state index contributed by atoms with van der Waals surface area (Å²) in [7, 11) is 1.33. The van der Waals surface area contributed by atoms with Crippen LogP contribution >= 0.6 is 23.4 Å². The maximum absolute atomic E-state index is 12.2. The molecule has 1 aromatic carbocycles. The zero-order chi connectivity index (χ0) is 16.8. The molecule has 0 bridgehead atoms. The minimum atomic E-state index is -0.371. The minimum Gasteiger partial charge on any atom is -0.468 e. The smallest absolute Gasteiger partial charge is 0.320 e. The molecule has 1 aromatic rings. The molecule has 23 heavy (non-hydrogen) atoms. The van der Waals surface area contributed by atoms with Crippen LogP contribution in [0.4, 0.5) is 0 Å². The Kier molecular flexibility index (Phi) is 6.29. The Bertz CT molecular complexity index is 594. The summed E-state index contributed by atoms with van der Waals surface area (Å²) in [6, 6.07) is 6.40. The molecular formula is C15H17ClN2O4S. The summed E-state index contributed by atoms with van der Waals surface area (Å²) in [5.41, 5.74) is 0.434. The van der Waals surface area contributed by atoms with Gasteiger partial charge in [-0.25, -0.2) is 0 Å². The standard InChI is InChI=1S/C15H17ClN2O4S/c1-22-15(21)12-9-18(6-7-23-12)13(19)8-17-14(20)10-2-4-11(16)5-3-10/h2-5,12H,6-9H2,1H3,(H,17,20)/t12-/m1/s1. The van der Waals surface area contributed by atoms with Crippen molar-refractivity contribution >= 4 is 41.1 Å². The van der Waals surface area contributed by atoms with Gasteiger partial charge in [0.05, 0.1) is 13.7 Å². The molecule has 8 heteroatoms. The quantitative estimate of drug-likeness (QED) is 0.820. The van der Waals surface area contributed by atoms with E-state index in [-0.39, 0.29) is 29.6 Å². The number of esters is 1. The molecule has 1 atom stereocenters. The van der Waals surface area contributed by atoms with E-state index in [1.54, 1.807) is 29.2 Å². The summed E-state index contributed by atoms with van der Waals surface area (Å²) in [5, 5.41) is 2.75. The molecule has 1 fully saturated rings. The van der Waals surface area contributed by atoms with Crippen molar-refractivity contribution in [2.75, 3.05) is 32.5 Å². The molecule has 0 spiro atoms. The number of amides is 2. The Labute approximate surface area is 143 Å². The zero-order valence-electron chi connectivity index (χ0n) is 12.6. The van der Waals surface area contributed by atoms with Crippen LogP contribution in [0.1, 0.15) is 10.4 Å². The first-order valence-electron chi connectivity index (χ1n) is 7.02. The van der Waals surface area contributed by atoms with E-state index < -0.39 is 0 Å². The van der Waals surface area contributed by atoms with Crippen LogP contribution in [0.5, 0.6) is 0 Å². The van der Waals surface area contributed by atoms with Crippen LogP contribution in [0, 0.1) is 0 Å². The van der Waals surface area contributed by atoms with Gasteiger partial charge >= 0.3 is 5.97 Å². The van der Waals surface area contributed by atoms with Gasteiger partial charge in [0.25, 0.3) is 5.91 Å². The fourth-order valence-corrected chi connectivity index (χ4v) is 3.37. The highest BCUT2D eigenvalue weighted by Crippen LogP contribution is 2.19. The first-order valence-corrected chi connectivity index (χ1v) is 8.45. The van der Waals surface area contributed by atoms with E-state index in [1.165, 1.54) is 18.9 Å². The minimum absolute atomic E-state index is 0.111. The Hall–Kier alpha value is -1.73. The molecule has 2 rings (SSSR count). The summed E-state index contributed by atoms with van der Waals surface area (Å²) in [6.07, 6.45) is 0. The number of methoxy groups -OCH3 is 1. The monoisotopic (exact) mass is 356 g/mol.